The van der Waals surface area contributed by atoms with Gasteiger partial charge in [-0.3, -0.25) is 9.59 Å². The first-order valence-corrected chi connectivity index (χ1v) is 11.3. The predicted octanol–water partition coefficient (Wildman–Crippen LogP) is 1.84. The van der Waals surface area contributed by atoms with Crippen LogP contribution in [0, 0.1) is 19.8 Å². The Morgan fingerprint density at radius 2 is 1.93 bits per heavy atom. The fourth-order valence-corrected chi connectivity index (χ4v) is 5.16. The van der Waals surface area contributed by atoms with Crippen molar-refractivity contribution in [2.24, 2.45) is 5.92 Å². The minimum atomic E-state index is -3.96. The van der Waals surface area contributed by atoms with E-state index >= 15 is 0 Å². The van der Waals surface area contributed by atoms with Crippen LogP contribution in [0.4, 0.5) is 5.69 Å². The number of piperidine rings is 1. The number of rotatable bonds is 6. The van der Waals surface area contributed by atoms with E-state index in [0.29, 0.717) is 25.1 Å². The third-order valence-electron chi connectivity index (χ3n) is 5.08. The molecule has 30 heavy (non-hydrogen) atoms. The summed E-state index contributed by atoms with van der Waals surface area (Å²) in [6.45, 7) is 5.24. The lowest BCUT2D eigenvalue weighted by molar-refractivity contribution is -0.135. The number of benzene rings is 1. The number of anilines is 1. The van der Waals surface area contributed by atoms with Crippen LogP contribution in [0.2, 0.25) is 0 Å². The van der Waals surface area contributed by atoms with Crippen LogP contribution in [0.1, 0.15) is 31.2 Å². The summed E-state index contributed by atoms with van der Waals surface area (Å²) in [5.41, 5.74) is 0.932. The van der Waals surface area contributed by atoms with Crippen molar-refractivity contribution in [1.29, 1.82) is 0 Å². The van der Waals surface area contributed by atoms with Gasteiger partial charge in [0.1, 0.15) is 10.6 Å². The summed E-state index contributed by atoms with van der Waals surface area (Å²) in [4.78, 5) is 26.9. The highest BCUT2D eigenvalue weighted by Crippen LogP contribution is 2.21. The van der Waals surface area contributed by atoms with E-state index in [1.807, 2.05) is 18.2 Å². The number of hydrogen-bond donors (Lipinski definition) is 2. The monoisotopic (exact) mass is 434 g/mol. The van der Waals surface area contributed by atoms with E-state index in [4.69, 9.17) is 4.52 Å². The molecular formula is C20H26N4O5S. The van der Waals surface area contributed by atoms with Crippen LogP contribution >= 0.6 is 0 Å². The molecule has 0 aliphatic carbocycles. The van der Waals surface area contributed by atoms with E-state index in [9.17, 15) is 18.0 Å². The molecule has 2 N–H and O–H groups in total. The van der Waals surface area contributed by atoms with Crippen LogP contribution in [0.25, 0.3) is 0 Å². The van der Waals surface area contributed by atoms with Gasteiger partial charge in [0, 0.05) is 18.8 Å². The molecule has 1 aromatic carbocycles. The summed E-state index contributed by atoms with van der Waals surface area (Å²) in [7, 11) is -3.96. The van der Waals surface area contributed by atoms with Gasteiger partial charge < -0.3 is 14.7 Å². The molecule has 0 spiro atoms. The number of para-hydroxylation sites is 1. The fourth-order valence-electron chi connectivity index (χ4n) is 3.63. The van der Waals surface area contributed by atoms with E-state index in [0.717, 1.165) is 0 Å². The lowest BCUT2D eigenvalue weighted by Crippen LogP contribution is -2.51. The van der Waals surface area contributed by atoms with Gasteiger partial charge in [-0.1, -0.05) is 23.4 Å². The van der Waals surface area contributed by atoms with Crippen LogP contribution in [0.3, 0.4) is 0 Å². The van der Waals surface area contributed by atoms with Gasteiger partial charge in [0.05, 0.1) is 12.0 Å². The van der Waals surface area contributed by atoms with Crippen LogP contribution in [-0.4, -0.2) is 49.4 Å². The third kappa shape index (κ3) is 4.88. The van der Waals surface area contributed by atoms with Crippen molar-refractivity contribution >= 4 is 27.5 Å². The molecule has 2 atom stereocenters. The van der Waals surface area contributed by atoms with Crippen molar-refractivity contribution in [2.75, 3.05) is 18.4 Å². The van der Waals surface area contributed by atoms with Gasteiger partial charge in [-0.15, -0.1) is 0 Å². The molecule has 2 heterocycles. The van der Waals surface area contributed by atoms with Gasteiger partial charge >= 0.3 is 0 Å². The highest BCUT2D eigenvalue weighted by Gasteiger charge is 2.33. The van der Waals surface area contributed by atoms with Gasteiger partial charge in [0.2, 0.25) is 21.8 Å². The standard InChI is InChI=1S/C20H26N4O5S/c1-13-18(15(3)29-22-13)30(27,28)23-14(2)20(26)24-11-7-8-16(12-24)19(25)21-17-9-5-4-6-10-17/h4-6,9-10,14,16,23H,7-8,11-12H2,1-3H3,(H,21,25)/t14-,16?/m0/s1. The Morgan fingerprint density at radius 3 is 2.57 bits per heavy atom. The average molecular weight is 435 g/mol. The molecule has 0 radical (unpaired) electrons. The Balaban J connectivity index is 1.63. The first-order chi connectivity index (χ1) is 14.2. The van der Waals surface area contributed by atoms with E-state index in [1.54, 1.807) is 17.0 Å². The first kappa shape index (κ1) is 22.0. The Kier molecular flexibility index (Phi) is 6.57. The van der Waals surface area contributed by atoms with Crippen molar-refractivity contribution in [1.82, 2.24) is 14.8 Å². The van der Waals surface area contributed by atoms with Crippen LogP contribution < -0.4 is 10.0 Å². The Labute approximate surface area is 175 Å². The van der Waals surface area contributed by atoms with Crippen molar-refractivity contribution in [3.8, 4) is 0 Å². The first-order valence-electron chi connectivity index (χ1n) is 9.79. The number of nitrogens with zero attached hydrogens (tertiary/aromatic N) is 2. The van der Waals surface area contributed by atoms with Gasteiger partial charge in [-0.25, -0.2) is 8.42 Å². The lowest BCUT2D eigenvalue weighted by Gasteiger charge is -2.33. The molecule has 0 saturated carbocycles. The maximum atomic E-state index is 12.9. The number of hydrogen-bond acceptors (Lipinski definition) is 6. The van der Waals surface area contributed by atoms with E-state index in [2.05, 4.69) is 15.2 Å². The Bertz CT molecular complexity index is 1000. The maximum absolute atomic E-state index is 12.9. The number of likely N-dealkylation sites (tertiary alicyclic amines) is 1. The zero-order valence-electron chi connectivity index (χ0n) is 17.2. The predicted molar refractivity (Wildman–Crippen MR) is 110 cm³/mol. The second-order valence-electron chi connectivity index (χ2n) is 7.47. The fraction of sp³-hybridized carbons (Fsp3) is 0.450. The smallest absolute Gasteiger partial charge is 0.246 e. The largest absolute Gasteiger partial charge is 0.360 e. The molecular weight excluding hydrogens is 408 g/mol. The molecule has 1 saturated heterocycles. The lowest BCUT2D eigenvalue weighted by atomic mass is 9.96. The summed E-state index contributed by atoms with van der Waals surface area (Å²) >= 11 is 0. The summed E-state index contributed by atoms with van der Waals surface area (Å²) < 4.78 is 32.6. The molecule has 1 aliphatic heterocycles. The molecule has 0 bridgehead atoms. The molecule has 10 heteroatoms. The topological polar surface area (TPSA) is 122 Å². The van der Waals surface area contributed by atoms with E-state index < -0.39 is 16.1 Å². The summed E-state index contributed by atoms with van der Waals surface area (Å²) in [5, 5.41) is 6.52. The van der Waals surface area contributed by atoms with Gasteiger partial charge in [-0.2, -0.15) is 4.72 Å². The molecule has 3 rings (SSSR count). The quantitative estimate of drug-likeness (QED) is 0.715. The second-order valence-corrected chi connectivity index (χ2v) is 9.13. The Morgan fingerprint density at radius 1 is 1.23 bits per heavy atom. The molecule has 1 fully saturated rings. The number of sulfonamides is 1. The van der Waals surface area contributed by atoms with Gasteiger partial charge in [0.15, 0.2) is 5.76 Å². The minimum absolute atomic E-state index is 0.0547. The number of aryl methyl sites for hydroxylation is 2. The normalized spacial score (nSPS) is 18.1. The summed E-state index contributed by atoms with van der Waals surface area (Å²) in [6, 6.07) is 8.14. The molecule has 162 valence electrons. The zero-order chi connectivity index (χ0) is 21.9. The molecule has 1 aromatic heterocycles. The number of nitrogens with one attached hydrogen (secondary N) is 2. The molecule has 9 nitrogen and oxygen atoms in total. The SMILES string of the molecule is Cc1noc(C)c1S(=O)(=O)N[C@@H](C)C(=O)N1CCCC(C(=O)Nc2ccccc2)C1. The molecule has 1 unspecified atom stereocenters. The van der Waals surface area contributed by atoms with Gasteiger partial charge in [0.25, 0.3) is 0 Å². The number of carbonyl (C=O) groups is 2. The van der Waals surface area contributed by atoms with Crippen LogP contribution in [0.15, 0.2) is 39.8 Å². The van der Waals surface area contributed by atoms with Gasteiger partial charge in [-0.05, 0) is 45.7 Å². The zero-order valence-corrected chi connectivity index (χ0v) is 18.0. The number of aromatic nitrogens is 1. The summed E-state index contributed by atoms with van der Waals surface area (Å²) in [5.74, 6) is -0.713. The molecule has 1 aliphatic rings. The van der Waals surface area contributed by atoms with E-state index in [1.165, 1.54) is 20.8 Å². The van der Waals surface area contributed by atoms with Crippen molar-refractivity contribution in [3.63, 3.8) is 0 Å². The molecule has 2 aromatic rings. The second kappa shape index (κ2) is 8.97. The highest BCUT2D eigenvalue weighted by molar-refractivity contribution is 7.89. The van der Waals surface area contributed by atoms with E-state index in [-0.39, 0.29) is 40.6 Å². The summed E-state index contributed by atoms with van der Waals surface area (Å²) in [6.07, 6.45) is 1.34. The third-order valence-corrected chi connectivity index (χ3v) is 6.87. The van der Waals surface area contributed by atoms with Crippen molar-refractivity contribution in [2.45, 2.75) is 44.6 Å². The maximum Gasteiger partial charge on any atom is 0.246 e. The average Bonchev–Trinajstić information content (AvgIpc) is 3.07. The van der Waals surface area contributed by atoms with Crippen LogP contribution in [0.5, 0.6) is 0 Å². The minimum Gasteiger partial charge on any atom is -0.360 e. The number of carbonyl (C=O) groups excluding carboxylic acids is 2. The number of amides is 2. The van der Waals surface area contributed by atoms with Crippen molar-refractivity contribution in [3.05, 3.63) is 41.8 Å². The highest BCUT2D eigenvalue weighted by atomic mass is 32.2. The van der Waals surface area contributed by atoms with Crippen molar-refractivity contribution < 1.29 is 22.5 Å². The van der Waals surface area contributed by atoms with Crippen LogP contribution in [-0.2, 0) is 19.6 Å². The molecule has 2 amide bonds. The Hall–Kier alpha value is -2.72.